The van der Waals surface area contributed by atoms with Crippen LogP contribution >= 0.6 is 22.9 Å². The topological polar surface area (TPSA) is 100.0 Å². The number of aliphatic hydroxyl groups is 1. The lowest BCUT2D eigenvalue weighted by Gasteiger charge is -2.28. The minimum Gasteiger partial charge on any atom is -0.481 e. The van der Waals surface area contributed by atoms with Crippen molar-refractivity contribution in [3.8, 4) is 0 Å². The Hall–Kier alpha value is -2.26. The molecule has 0 bridgehead atoms. The number of amides is 1. The molecule has 1 aliphatic heterocycles. The van der Waals surface area contributed by atoms with Gasteiger partial charge in [0.1, 0.15) is 6.10 Å². The second-order valence-electron chi connectivity index (χ2n) is 8.62. The molecule has 3 unspecified atom stereocenters. The van der Waals surface area contributed by atoms with E-state index in [-0.39, 0.29) is 37.2 Å². The number of nitrogens with zero attached hydrogens (tertiary/aromatic N) is 2. The van der Waals surface area contributed by atoms with Crippen molar-refractivity contribution in [1.82, 2.24) is 4.98 Å². The molecule has 1 aromatic carbocycles. The van der Waals surface area contributed by atoms with Gasteiger partial charge in [0.25, 0.3) is 5.91 Å². The summed E-state index contributed by atoms with van der Waals surface area (Å²) in [5, 5.41) is 20.2. The first-order valence-corrected chi connectivity index (χ1v) is 12.6. The number of carbonyl (C=O) groups is 2. The highest BCUT2D eigenvalue weighted by Gasteiger charge is 2.38. The number of anilines is 1. The molecule has 3 rings (SSSR count). The Balaban J connectivity index is 2.02. The summed E-state index contributed by atoms with van der Waals surface area (Å²) in [4.78, 5) is 31.5. The number of halogens is 1. The molecule has 1 aromatic heterocycles. The maximum absolute atomic E-state index is 13.8. The molecular formula is C25H31ClN2O5S. The molecule has 0 saturated heterocycles. The second-order valence-corrected chi connectivity index (χ2v) is 10.3. The molecule has 4 atom stereocenters. The van der Waals surface area contributed by atoms with Gasteiger partial charge in [0.15, 0.2) is 0 Å². The van der Waals surface area contributed by atoms with Crippen molar-refractivity contribution < 1.29 is 24.5 Å². The number of thiazole rings is 1. The van der Waals surface area contributed by atoms with Gasteiger partial charge >= 0.3 is 5.97 Å². The zero-order chi connectivity index (χ0) is 24.8. The molecule has 9 heteroatoms. The lowest BCUT2D eigenvalue weighted by Crippen LogP contribution is -2.43. The summed E-state index contributed by atoms with van der Waals surface area (Å²) in [6.45, 7) is 8.27. The summed E-state index contributed by atoms with van der Waals surface area (Å²) < 4.78 is 6.42. The predicted molar refractivity (Wildman–Crippen MR) is 133 cm³/mol. The molecule has 0 saturated carbocycles. The minimum atomic E-state index is -0.929. The Labute approximate surface area is 209 Å². The molecule has 184 valence electrons. The van der Waals surface area contributed by atoms with Gasteiger partial charge in [0, 0.05) is 58.8 Å². The largest absolute Gasteiger partial charge is 0.481 e. The van der Waals surface area contributed by atoms with Gasteiger partial charge in [-0.3, -0.25) is 9.59 Å². The van der Waals surface area contributed by atoms with Gasteiger partial charge in [0.2, 0.25) is 0 Å². The van der Waals surface area contributed by atoms with Crippen molar-refractivity contribution in [2.24, 2.45) is 11.8 Å². The summed E-state index contributed by atoms with van der Waals surface area (Å²) in [5.41, 5.74) is 1.52. The van der Waals surface area contributed by atoms with Crippen LogP contribution < -0.4 is 4.90 Å². The van der Waals surface area contributed by atoms with Crippen molar-refractivity contribution >= 4 is 40.5 Å². The van der Waals surface area contributed by atoms with Crippen LogP contribution in [0.3, 0.4) is 0 Å². The summed E-state index contributed by atoms with van der Waals surface area (Å²) >= 11 is 7.61. The molecule has 2 N–H and O–H groups in total. The van der Waals surface area contributed by atoms with Gasteiger partial charge in [-0.1, -0.05) is 37.9 Å². The SMILES string of the molecule is C=CC(C)C1O[C@H](Cc2ncc(CC(=O)O)s2)C(=O)N(CC(CO)CCC)c2ccc(Cl)cc21. The molecule has 2 heterocycles. The average Bonchev–Trinajstić information content (AvgIpc) is 3.20. The van der Waals surface area contributed by atoms with Crippen LogP contribution in [0.4, 0.5) is 5.69 Å². The van der Waals surface area contributed by atoms with Crippen LogP contribution in [0.1, 0.15) is 48.2 Å². The summed E-state index contributed by atoms with van der Waals surface area (Å²) in [6, 6.07) is 5.41. The Morgan fingerprint density at radius 3 is 2.85 bits per heavy atom. The van der Waals surface area contributed by atoms with Crippen LogP contribution in [0, 0.1) is 11.8 Å². The number of hydrogen-bond acceptors (Lipinski definition) is 6. The van der Waals surface area contributed by atoms with E-state index in [4.69, 9.17) is 21.4 Å². The summed E-state index contributed by atoms with van der Waals surface area (Å²) in [5.74, 6) is -1.32. The summed E-state index contributed by atoms with van der Waals surface area (Å²) in [6.07, 6.45) is 3.82. The van der Waals surface area contributed by atoms with Crippen LogP contribution in [-0.4, -0.2) is 46.3 Å². The fourth-order valence-corrected chi connectivity index (χ4v) is 5.32. The Morgan fingerprint density at radius 2 is 2.21 bits per heavy atom. The number of ether oxygens (including phenoxy) is 1. The smallest absolute Gasteiger partial charge is 0.308 e. The van der Waals surface area contributed by atoms with E-state index in [2.05, 4.69) is 11.6 Å². The Kier molecular flexibility index (Phi) is 9.24. The number of carboxylic acid groups (broad SMARTS) is 1. The number of hydrogen-bond donors (Lipinski definition) is 2. The van der Waals surface area contributed by atoms with Crippen LogP contribution in [0.25, 0.3) is 0 Å². The highest BCUT2D eigenvalue weighted by atomic mass is 35.5. The number of aliphatic carboxylic acids is 1. The quantitative estimate of drug-likeness (QED) is 0.429. The van der Waals surface area contributed by atoms with Gasteiger partial charge in [-0.15, -0.1) is 17.9 Å². The van der Waals surface area contributed by atoms with E-state index in [1.54, 1.807) is 17.0 Å². The Morgan fingerprint density at radius 1 is 1.44 bits per heavy atom. The summed E-state index contributed by atoms with van der Waals surface area (Å²) in [7, 11) is 0. The highest BCUT2D eigenvalue weighted by molar-refractivity contribution is 7.11. The molecule has 2 aromatic rings. The zero-order valence-electron chi connectivity index (χ0n) is 19.4. The van der Waals surface area contributed by atoms with Gasteiger partial charge in [0.05, 0.1) is 17.5 Å². The third-order valence-corrected chi connectivity index (χ3v) is 7.23. The average molecular weight is 507 g/mol. The second kappa shape index (κ2) is 11.9. The van der Waals surface area contributed by atoms with E-state index in [1.165, 1.54) is 17.5 Å². The van der Waals surface area contributed by atoms with Crippen LogP contribution in [0.15, 0.2) is 37.1 Å². The normalized spacial score (nSPS) is 19.9. The standard InChI is InChI=1S/C25H31ClN2O5S/c1-4-6-16(14-29)13-28-20-8-7-17(26)9-19(20)24(15(3)5-2)33-21(25(28)32)11-22-27-12-18(34-22)10-23(30)31/h5,7-9,12,15-16,21,24,29H,2,4,6,10-11,13-14H2,1,3H3,(H,30,31)/t15?,16?,21-,24?/m1/s1. The first kappa shape index (κ1) is 26.3. The molecule has 0 spiro atoms. The minimum absolute atomic E-state index is 0.0242. The molecular weight excluding hydrogens is 476 g/mol. The molecule has 0 aliphatic carbocycles. The zero-order valence-corrected chi connectivity index (χ0v) is 21.0. The van der Waals surface area contributed by atoms with Crippen LogP contribution in [-0.2, 0) is 27.2 Å². The number of carbonyl (C=O) groups excluding carboxylic acids is 1. The first-order valence-electron chi connectivity index (χ1n) is 11.4. The Bertz CT molecular complexity index is 1030. The molecule has 7 nitrogen and oxygen atoms in total. The van der Waals surface area contributed by atoms with Gasteiger partial charge in [-0.2, -0.15) is 0 Å². The number of aromatic nitrogens is 1. The van der Waals surface area contributed by atoms with E-state index in [0.29, 0.717) is 21.5 Å². The number of fused-ring (bicyclic) bond motifs is 1. The predicted octanol–water partition coefficient (Wildman–Crippen LogP) is 4.67. The fourth-order valence-electron chi connectivity index (χ4n) is 4.19. The molecule has 0 fully saturated rings. The van der Waals surface area contributed by atoms with E-state index < -0.39 is 18.2 Å². The number of benzene rings is 1. The van der Waals surface area contributed by atoms with E-state index in [9.17, 15) is 14.7 Å². The fraction of sp³-hybridized carbons (Fsp3) is 0.480. The third kappa shape index (κ3) is 6.24. The molecule has 1 aliphatic rings. The monoisotopic (exact) mass is 506 g/mol. The lowest BCUT2D eigenvalue weighted by molar-refractivity contribution is -0.136. The van der Waals surface area contributed by atoms with E-state index in [0.717, 1.165) is 24.1 Å². The third-order valence-electron chi connectivity index (χ3n) is 5.97. The van der Waals surface area contributed by atoms with Crippen molar-refractivity contribution in [2.75, 3.05) is 18.1 Å². The van der Waals surface area contributed by atoms with E-state index >= 15 is 0 Å². The molecule has 1 amide bonds. The van der Waals surface area contributed by atoms with Gasteiger partial charge in [-0.25, -0.2) is 4.98 Å². The molecule has 0 radical (unpaired) electrons. The van der Waals surface area contributed by atoms with Crippen LogP contribution in [0.2, 0.25) is 5.02 Å². The maximum Gasteiger partial charge on any atom is 0.308 e. The number of aliphatic hydroxyl groups excluding tert-OH is 1. The highest BCUT2D eigenvalue weighted by Crippen LogP contribution is 2.41. The number of rotatable bonds is 11. The number of carboxylic acids is 1. The lowest BCUT2D eigenvalue weighted by atomic mass is 9.95. The first-order chi connectivity index (χ1) is 16.3. The molecule has 34 heavy (non-hydrogen) atoms. The van der Waals surface area contributed by atoms with E-state index in [1.807, 2.05) is 26.0 Å². The van der Waals surface area contributed by atoms with Crippen molar-refractivity contribution in [2.45, 2.75) is 51.7 Å². The van der Waals surface area contributed by atoms with Gasteiger partial charge < -0.3 is 19.8 Å². The van der Waals surface area contributed by atoms with Crippen molar-refractivity contribution in [3.05, 3.63) is 57.5 Å². The maximum atomic E-state index is 13.8. The van der Waals surface area contributed by atoms with Crippen molar-refractivity contribution in [1.29, 1.82) is 0 Å². The van der Waals surface area contributed by atoms with Crippen molar-refractivity contribution in [3.63, 3.8) is 0 Å². The van der Waals surface area contributed by atoms with Gasteiger partial charge in [-0.05, 0) is 24.6 Å². The van der Waals surface area contributed by atoms with Crippen LogP contribution in [0.5, 0.6) is 0 Å².